The largest absolute Gasteiger partial charge is 0.480 e. The number of carboxylic acids is 1. The fourth-order valence-corrected chi connectivity index (χ4v) is 4.87. The fourth-order valence-electron chi connectivity index (χ4n) is 4.36. The van der Waals surface area contributed by atoms with Crippen molar-refractivity contribution in [2.75, 3.05) is 4.90 Å². The molecule has 2 heterocycles. The minimum Gasteiger partial charge on any atom is -0.480 e. The number of aromatic nitrogens is 2. The summed E-state index contributed by atoms with van der Waals surface area (Å²) in [6.45, 7) is 1.61. The summed E-state index contributed by atoms with van der Waals surface area (Å²) in [4.78, 5) is 55.7. The summed E-state index contributed by atoms with van der Waals surface area (Å²) in [7, 11) is 0. The van der Waals surface area contributed by atoms with Crippen LogP contribution in [0.5, 0.6) is 0 Å². The Morgan fingerprint density at radius 1 is 1.18 bits per heavy atom. The van der Waals surface area contributed by atoms with Crippen LogP contribution < -0.4 is 16.0 Å². The molecule has 1 aromatic heterocycles. The van der Waals surface area contributed by atoms with Gasteiger partial charge >= 0.3 is 5.97 Å². The van der Waals surface area contributed by atoms with E-state index >= 15 is 0 Å². The van der Waals surface area contributed by atoms with Gasteiger partial charge in [-0.3, -0.25) is 19.0 Å². The van der Waals surface area contributed by atoms with E-state index in [0.29, 0.717) is 16.8 Å². The molecule has 0 spiro atoms. The second-order valence-corrected chi connectivity index (χ2v) is 9.71. The summed E-state index contributed by atoms with van der Waals surface area (Å²) in [5, 5.41) is 21.4. The van der Waals surface area contributed by atoms with Gasteiger partial charge in [0.25, 0.3) is 11.8 Å². The van der Waals surface area contributed by atoms with Gasteiger partial charge in [0, 0.05) is 16.5 Å². The van der Waals surface area contributed by atoms with Crippen LogP contribution in [0, 0.1) is 11.3 Å². The van der Waals surface area contributed by atoms with E-state index < -0.39 is 41.7 Å². The lowest BCUT2D eigenvalue weighted by molar-refractivity contribution is -0.141. The van der Waals surface area contributed by atoms with Gasteiger partial charge in [-0.1, -0.05) is 35.3 Å². The van der Waals surface area contributed by atoms with Gasteiger partial charge in [-0.2, -0.15) is 5.26 Å². The third-order valence-corrected chi connectivity index (χ3v) is 6.52. The first-order valence-electron chi connectivity index (χ1n) is 11.1. The number of carbonyl (C=O) groups excluding carboxylic acids is 3. The van der Waals surface area contributed by atoms with Crippen molar-refractivity contribution in [1.82, 2.24) is 14.9 Å². The molecule has 0 saturated carbocycles. The van der Waals surface area contributed by atoms with Crippen LogP contribution in [0.3, 0.4) is 0 Å². The summed E-state index contributed by atoms with van der Waals surface area (Å²) in [6.07, 6.45) is 0.669. The Labute approximate surface area is 226 Å². The van der Waals surface area contributed by atoms with Gasteiger partial charge in [-0.15, -0.1) is 0 Å². The maximum Gasteiger partial charge on any atom is 0.326 e. The molecule has 4 N–H and O–H groups in total. The summed E-state index contributed by atoms with van der Waals surface area (Å²) in [5.74, 6) is -3.62. The molecular formula is C25H20Cl2N6O5. The van der Waals surface area contributed by atoms with E-state index in [-0.39, 0.29) is 28.1 Å². The van der Waals surface area contributed by atoms with Gasteiger partial charge in [0.15, 0.2) is 0 Å². The number of halogens is 2. The molecule has 3 amide bonds. The number of rotatable bonds is 8. The number of carbonyl (C=O) groups is 4. The Balaban J connectivity index is 1.83. The molecule has 1 aliphatic rings. The second-order valence-electron chi connectivity index (χ2n) is 8.84. The predicted octanol–water partition coefficient (Wildman–Crippen LogP) is 2.76. The molecule has 0 fully saturated rings. The number of benzene rings is 2. The average Bonchev–Trinajstić information content (AvgIpc) is 3.36. The number of nitrogens with zero attached hydrogens (tertiary/aromatic N) is 4. The van der Waals surface area contributed by atoms with Crippen LogP contribution in [0.15, 0.2) is 48.7 Å². The highest BCUT2D eigenvalue weighted by Crippen LogP contribution is 2.43. The quantitative estimate of drug-likeness (QED) is 0.384. The van der Waals surface area contributed by atoms with Crippen molar-refractivity contribution in [2.45, 2.75) is 31.3 Å². The minimum atomic E-state index is -1.59. The molecule has 13 heteroatoms. The number of amides is 3. The first kappa shape index (κ1) is 26.7. The Morgan fingerprint density at radius 3 is 2.37 bits per heavy atom. The van der Waals surface area contributed by atoms with Crippen LogP contribution in [-0.4, -0.2) is 44.4 Å². The SMILES string of the molecule is C[C@@]1(Cc2ccc(C#N)cc2)C(=O)N(c2cc(Cl)cc(Cl)c2)c2ncc(C(=O)N[C@H](CC(N)=O)C(=O)O)n21. The second kappa shape index (κ2) is 10.2. The number of carboxylic acid groups (broad SMARTS) is 1. The standard InChI is InChI=1S/C25H20Cl2N6O5/c1-25(10-13-2-4-14(11-28)5-3-13)23(38)32(17-7-15(26)6-16(27)8-17)24-30-12-19(33(24)25)21(35)31-18(22(36)37)9-20(29)34/h2-8,12,18H,9-10H2,1H3,(H2,29,34)(H,31,35)(H,36,37)/t18-,25-/m1/s1. The maximum absolute atomic E-state index is 14.0. The molecule has 0 radical (unpaired) electrons. The Hall–Kier alpha value is -4.40. The van der Waals surface area contributed by atoms with E-state index in [9.17, 15) is 24.3 Å². The van der Waals surface area contributed by atoms with Crippen LogP contribution in [0.4, 0.5) is 11.6 Å². The third-order valence-electron chi connectivity index (χ3n) is 6.08. The summed E-state index contributed by atoms with van der Waals surface area (Å²) < 4.78 is 1.40. The van der Waals surface area contributed by atoms with E-state index in [1.165, 1.54) is 33.9 Å². The summed E-state index contributed by atoms with van der Waals surface area (Å²) in [6, 6.07) is 11.6. The molecular weight excluding hydrogens is 535 g/mol. The lowest BCUT2D eigenvalue weighted by Gasteiger charge is -2.27. The van der Waals surface area contributed by atoms with E-state index in [0.717, 1.165) is 0 Å². The molecule has 2 atom stereocenters. The smallest absolute Gasteiger partial charge is 0.326 e. The fraction of sp³-hybridized carbons (Fsp3) is 0.200. The molecule has 38 heavy (non-hydrogen) atoms. The molecule has 0 unspecified atom stereocenters. The first-order chi connectivity index (χ1) is 17.9. The number of imidazole rings is 1. The normalized spacial score (nSPS) is 17.0. The van der Waals surface area contributed by atoms with Gasteiger partial charge in [0.1, 0.15) is 17.3 Å². The molecule has 0 saturated heterocycles. The van der Waals surface area contributed by atoms with Gasteiger partial charge in [0.2, 0.25) is 11.9 Å². The number of hydrogen-bond acceptors (Lipinski definition) is 6. The number of primary amides is 1. The van der Waals surface area contributed by atoms with Crippen LogP contribution in [0.1, 0.15) is 35.0 Å². The van der Waals surface area contributed by atoms with Gasteiger partial charge < -0.3 is 16.2 Å². The van der Waals surface area contributed by atoms with Gasteiger partial charge in [0.05, 0.1) is 29.9 Å². The lowest BCUT2D eigenvalue weighted by Crippen LogP contribution is -2.46. The van der Waals surface area contributed by atoms with Crippen molar-refractivity contribution in [3.8, 4) is 6.07 Å². The molecule has 1 aliphatic heterocycles. The molecule has 4 rings (SSSR count). The summed E-state index contributed by atoms with van der Waals surface area (Å²) >= 11 is 12.4. The molecule has 0 bridgehead atoms. The predicted molar refractivity (Wildman–Crippen MR) is 137 cm³/mol. The zero-order valence-electron chi connectivity index (χ0n) is 19.8. The number of nitrogens with two attached hydrogens (primary N) is 1. The van der Waals surface area contributed by atoms with Gasteiger partial charge in [-0.25, -0.2) is 14.7 Å². The summed E-state index contributed by atoms with van der Waals surface area (Å²) in [5.41, 5.74) is 5.03. The van der Waals surface area contributed by atoms with Crippen molar-refractivity contribution >= 4 is 58.5 Å². The molecule has 0 aliphatic carbocycles. The number of aliphatic carboxylic acids is 1. The number of fused-ring (bicyclic) bond motifs is 1. The van der Waals surface area contributed by atoms with Crippen LogP contribution in [0.2, 0.25) is 10.0 Å². The molecule has 194 valence electrons. The van der Waals surface area contributed by atoms with Crippen LogP contribution in [-0.2, 0) is 26.3 Å². The van der Waals surface area contributed by atoms with Crippen LogP contribution >= 0.6 is 23.2 Å². The van der Waals surface area contributed by atoms with Crippen molar-refractivity contribution in [1.29, 1.82) is 5.26 Å². The Kier molecular flexibility index (Phi) is 7.13. The molecule has 11 nitrogen and oxygen atoms in total. The van der Waals surface area contributed by atoms with Crippen molar-refractivity contribution < 1.29 is 24.3 Å². The van der Waals surface area contributed by atoms with Gasteiger partial charge in [-0.05, 0) is 42.8 Å². The average molecular weight is 555 g/mol. The van der Waals surface area contributed by atoms with E-state index in [1.54, 1.807) is 31.2 Å². The topological polar surface area (TPSA) is 171 Å². The first-order valence-corrected chi connectivity index (χ1v) is 11.9. The van der Waals surface area contributed by atoms with Crippen molar-refractivity contribution in [3.05, 3.63) is 75.5 Å². The zero-order chi connectivity index (χ0) is 27.8. The van der Waals surface area contributed by atoms with E-state index in [2.05, 4.69) is 10.3 Å². The highest BCUT2D eigenvalue weighted by atomic mass is 35.5. The lowest BCUT2D eigenvalue weighted by atomic mass is 9.91. The van der Waals surface area contributed by atoms with E-state index in [4.69, 9.17) is 34.2 Å². The number of hydrogen-bond donors (Lipinski definition) is 3. The number of nitriles is 1. The monoisotopic (exact) mass is 554 g/mol. The molecule has 2 aromatic carbocycles. The Bertz CT molecular complexity index is 1490. The Morgan fingerprint density at radius 2 is 1.82 bits per heavy atom. The van der Waals surface area contributed by atoms with Crippen LogP contribution in [0.25, 0.3) is 0 Å². The number of nitrogens with one attached hydrogen (secondary N) is 1. The highest BCUT2D eigenvalue weighted by molar-refractivity contribution is 6.35. The zero-order valence-corrected chi connectivity index (χ0v) is 21.3. The van der Waals surface area contributed by atoms with Crippen molar-refractivity contribution in [3.63, 3.8) is 0 Å². The molecule has 3 aromatic rings. The van der Waals surface area contributed by atoms with E-state index in [1.807, 2.05) is 6.07 Å². The third kappa shape index (κ3) is 4.91. The van der Waals surface area contributed by atoms with Crippen molar-refractivity contribution in [2.24, 2.45) is 5.73 Å². The maximum atomic E-state index is 14.0. The highest BCUT2D eigenvalue weighted by Gasteiger charge is 2.51. The number of anilines is 2. The minimum absolute atomic E-state index is 0.0800.